The van der Waals surface area contributed by atoms with Crippen molar-refractivity contribution in [3.05, 3.63) is 35.6 Å². The fourth-order valence-electron chi connectivity index (χ4n) is 3.62. The molecular formula is C17H26FN. The lowest BCUT2D eigenvalue weighted by atomic mass is 9.72. The second-order valence-electron chi connectivity index (χ2n) is 5.71. The smallest absolute Gasteiger partial charge is 0.123 e. The number of nitrogens with one attached hydrogen (secondary N) is 1. The third kappa shape index (κ3) is 3.56. The molecule has 0 spiro atoms. The largest absolute Gasteiger partial charge is 0.310 e. The lowest BCUT2D eigenvalue weighted by Gasteiger charge is -2.37. The minimum atomic E-state index is -0.121. The van der Waals surface area contributed by atoms with Crippen molar-refractivity contribution < 1.29 is 4.39 Å². The molecule has 106 valence electrons. The summed E-state index contributed by atoms with van der Waals surface area (Å²) in [5.74, 6) is 1.31. The SMILES string of the molecule is CCNC(c1cccc(F)c1)C1CCCCC1CC. The van der Waals surface area contributed by atoms with Gasteiger partial charge in [0.25, 0.3) is 0 Å². The van der Waals surface area contributed by atoms with Crippen LogP contribution in [0.2, 0.25) is 0 Å². The molecule has 0 bridgehead atoms. The van der Waals surface area contributed by atoms with E-state index in [1.807, 2.05) is 6.07 Å². The molecule has 1 fully saturated rings. The zero-order chi connectivity index (χ0) is 13.7. The average Bonchev–Trinajstić information content (AvgIpc) is 2.45. The third-order valence-corrected chi connectivity index (χ3v) is 4.55. The van der Waals surface area contributed by atoms with Crippen molar-refractivity contribution in [3.63, 3.8) is 0 Å². The Bertz CT molecular complexity index is 391. The highest BCUT2D eigenvalue weighted by molar-refractivity contribution is 5.21. The maximum atomic E-state index is 13.5. The predicted octanol–water partition coefficient (Wildman–Crippen LogP) is 4.69. The number of benzene rings is 1. The fraction of sp³-hybridized carbons (Fsp3) is 0.647. The fourth-order valence-corrected chi connectivity index (χ4v) is 3.62. The Hall–Kier alpha value is -0.890. The highest BCUT2D eigenvalue weighted by atomic mass is 19.1. The average molecular weight is 263 g/mol. The summed E-state index contributed by atoms with van der Waals surface area (Å²) in [5.41, 5.74) is 1.12. The normalized spacial score (nSPS) is 25.2. The van der Waals surface area contributed by atoms with Crippen LogP contribution in [0.4, 0.5) is 4.39 Å². The van der Waals surface area contributed by atoms with Crippen molar-refractivity contribution in [3.8, 4) is 0 Å². The van der Waals surface area contributed by atoms with Gasteiger partial charge in [-0.2, -0.15) is 0 Å². The van der Waals surface area contributed by atoms with Crippen molar-refractivity contribution in [1.82, 2.24) is 5.32 Å². The number of hydrogen-bond acceptors (Lipinski definition) is 1. The third-order valence-electron chi connectivity index (χ3n) is 4.55. The van der Waals surface area contributed by atoms with Gasteiger partial charge in [-0.25, -0.2) is 4.39 Å². The zero-order valence-corrected chi connectivity index (χ0v) is 12.2. The molecule has 1 saturated carbocycles. The monoisotopic (exact) mass is 263 g/mol. The number of hydrogen-bond donors (Lipinski definition) is 1. The van der Waals surface area contributed by atoms with E-state index in [4.69, 9.17) is 0 Å². The molecule has 1 nitrogen and oxygen atoms in total. The minimum Gasteiger partial charge on any atom is -0.310 e. The van der Waals surface area contributed by atoms with Crippen LogP contribution < -0.4 is 5.32 Å². The molecule has 0 radical (unpaired) electrons. The van der Waals surface area contributed by atoms with Gasteiger partial charge in [0.15, 0.2) is 0 Å². The Morgan fingerprint density at radius 3 is 2.74 bits per heavy atom. The van der Waals surface area contributed by atoms with Crippen LogP contribution >= 0.6 is 0 Å². The molecule has 0 heterocycles. The summed E-state index contributed by atoms with van der Waals surface area (Å²) in [6.07, 6.45) is 6.52. The Morgan fingerprint density at radius 1 is 1.26 bits per heavy atom. The minimum absolute atomic E-state index is 0.121. The molecule has 1 aromatic carbocycles. The van der Waals surface area contributed by atoms with Crippen LogP contribution in [-0.2, 0) is 0 Å². The molecule has 3 unspecified atom stereocenters. The quantitative estimate of drug-likeness (QED) is 0.812. The van der Waals surface area contributed by atoms with Gasteiger partial charge in [0.05, 0.1) is 0 Å². The molecule has 0 aliphatic heterocycles. The summed E-state index contributed by atoms with van der Waals surface area (Å²) < 4.78 is 13.5. The first kappa shape index (κ1) is 14.5. The first-order valence-corrected chi connectivity index (χ1v) is 7.75. The van der Waals surface area contributed by atoms with Gasteiger partial charge in [0, 0.05) is 6.04 Å². The first-order valence-electron chi connectivity index (χ1n) is 7.75. The van der Waals surface area contributed by atoms with Crippen LogP contribution in [0.1, 0.15) is 57.6 Å². The molecule has 3 atom stereocenters. The van der Waals surface area contributed by atoms with Gasteiger partial charge < -0.3 is 5.32 Å². The number of halogens is 1. The lowest BCUT2D eigenvalue weighted by molar-refractivity contribution is 0.176. The highest BCUT2D eigenvalue weighted by Gasteiger charge is 2.31. The first-order chi connectivity index (χ1) is 9.26. The van der Waals surface area contributed by atoms with Crippen molar-refractivity contribution in [2.24, 2.45) is 11.8 Å². The zero-order valence-electron chi connectivity index (χ0n) is 12.2. The number of rotatable bonds is 5. The Kier molecular flexibility index (Phi) is 5.38. The molecule has 0 saturated heterocycles. The van der Waals surface area contributed by atoms with E-state index in [2.05, 4.69) is 25.2 Å². The Balaban J connectivity index is 2.23. The van der Waals surface area contributed by atoms with Gasteiger partial charge in [0.1, 0.15) is 5.82 Å². The molecular weight excluding hydrogens is 237 g/mol. The Morgan fingerprint density at radius 2 is 2.05 bits per heavy atom. The topological polar surface area (TPSA) is 12.0 Å². The summed E-state index contributed by atoms with van der Waals surface area (Å²) in [6.45, 7) is 5.36. The van der Waals surface area contributed by atoms with Crippen molar-refractivity contribution in [2.75, 3.05) is 6.54 Å². The molecule has 1 aromatic rings. The molecule has 1 aliphatic carbocycles. The van der Waals surface area contributed by atoms with Crippen LogP contribution in [0.5, 0.6) is 0 Å². The Labute approximate surface area is 116 Å². The standard InChI is InChI=1S/C17H26FN/c1-3-13-8-5-6-11-16(13)17(19-4-2)14-9-7-10-15(18)12-14/h7,9-10,12-13,16-17,19H,3-6,8,11H2,1-2H3. The maximum Gasteiger partial charge on any atom is 0.123 e. The van der Waals surface area contributed by atoms with Gasteiger partial charge in [-0.1, -0.05) is 51.7 Å². The lowest BCUT2D eigenvalue weighted by Crippen LogP contribution is -2.34. The molecule has 0 aromatic heterocycles. The van der Waals surface area contributed by atoms with E-state index >= 15 is 0 Å². The van der Waals surface area contributed by atoms with Gasteiger partial charge in [-0.05, 0) is 42.5 Å². The molecule has 1 N–H and O–H groups in total. The van der Waals surface area contributed by atoms with Crippen LogP contribution in [0.15, 0.2) is 24.3 Å². The van der Waals surface area contributed by atoms with Crippen molar-refractivity contribution in [1.29, 1.82) is 0 Å². The van der Waals surface area contributed by atoms with Crippen molar-refractivity contribution in [2.45, 2.75) is 52.0 Å². The summed E-state index contributed by atoms with van der Waals surface area (Å²) >= 11 is 0. The van der Waals surface area contributed by atoms with E-state index in [1.54, 1.807) is 6.07 Å². The van der Waals surface area contributed by atoms with E-state index in [0.29, 0.717) is 12.0 Å². The molecule has 2 heteroatoms. The molecule has 19 heavy (non-hydrogen) atoms. The highest BCUT2D eigenvalue weighted by Crippen LogP contribution is 2.40. The predicted molar refractivity (Wildman–Crippen MR) is 78.6 cm³/mol. The second-order valence-corrected chi connectivity index (χ2v) is 5.71. The second kappa shape index (κ2) is 7.04. The summed E-state index contributed by atoms with van der Waals surface area (Å²) in [6, 6.07) is 7.45. The molecule has 1 aliphatic rings. The van der Waals surface area contributed by atoms with E-state index in [9.17, 15) is 4.39 Å². The summed E-state index contributed by atoms with van der Waals surface area (Å²) in [4.78, 5) is 0. The van der Waals surface area contributed by atoms with E-state index in [-0.39, 0.29) is 5.82 Å². The molecule has 2 rings (SSSR count). The maximum absolute atomic E-state index is 13.5. The summed E-state index contributed by atoms with van der Waals surface area (Å²) in [7, 11) is 0. The van der Waals surface area contributed by atoms with Crippen molar-refractivity contribution >= 4 is 0 Å². The van der Waals surface area contributed by atoms with Crippen LogP contribution in [0.3, 0.4) is 0 Å². The van der Waals surface area contributed by atoms with Crippen LogP contribution in [0, 0.1) is 17.7 Å². The summed E-state index contributed by atoms with van der Waals surface area (Å²) in [5, 5.41) is 3.59. The van der Waals surface area contributed by atoms with Gasteiger partial charge in [0.2, 0.25) is 0 Å². The van der Waals surface area contributed by atoms with Crippen LogP contribution in [-0.4, -0.2) is 6.54 Å². The van der Waals surface area contributed by atoms with E-state index < -0.39 is 0 Å². The van der Waals surface area contributed by atoms with E-state index in [1.165, 1.54) is 38.2 Å². The van der Waals surface area contributed by atoms with Crippen LogP contribution in [0.25, 0.3) is 0 Å². The van der Waals surface area contributed by atoms with Gasteiger partial charge >= 0.3 is 0 Å². The van der Waals surface area contributed by atoms with Gasteiger partial charge in [-0.3, -0.25) is 0 Å². The van der Waals surface area contributed by atoms with Gasteiger partial charge in [-0.15, -0.1) is 0 Å². The van der Waals surface area contributed by atoms with E-state index in [0.717, 1.165) is 18.0 Å². The molecule has 0 amide bonds.